The molecule has 0 fully saturated rings. The first kappa shape index (κ1) is 29.4. The monoisotopic (exact) mass is 578 g/mol. The predicted molar refractivity (Wildman–Crippen MR) is 157 cm³/mol. The van der Waals surface area contributed by atoms with Gasteiger partial charge in [-0.15, -0.1) is 0 Å². The maximum absolute atomic E-state index is 13.8. The summed E-state index contributed by atoms with van der Waals surface area (Å²) < 4.78 is 6.80. The van der Waals surface area contributed by atoms with Gasteiger partial charge in [0.15, 0.2) is 6.61 Å². The van der Waals surface area contributed by atoms with Crippen molar-refractivity contribution >= 4 is 27.7 Å². The van der Waals surface area contributed by atoms with Crippen LogP contribution in [0.25, 0.3) is 0 Å². The molecule has 0 bridgehead atoms. The summed E-state index contributed by atoms with van der Waals surface area (Å²) in [5.41, 5.74) is 4.26. The molecule has 6 heteroatoms. The van der Waals surface area contributed by atoms with Gasteiger partial charge in [-0.25, -0.2) is 0 Å². The first-order valence-electron chi connectivity index (χ1n) is 13.4. The molecule has 0 saturated heterocycles. The van der Waals surface area contributed by atoms with Crippen LogP contribution in [0, 0.1) is 6.92 Å². The number of nitrogens with zero attached hydrogens (tertiary/aromatic N) is 1. The van der Waals surface area contributed by atoms with Crippen LogP contribution in [-0.4, -0.2) is 35.9 Å². The van der Waals surface area contributed by atoms with Gasteiger partial charge in [-0.3, -0.25) is 9.59 Å². The van der Waals surface area contributed by atoms with Gasteiger partial charge in [0, 0.05) is 19.5 Å². The summed E-state index contributed by atoms with van der Waals surface area (Å²) in [6.45, 7) is 9.11. The number of ether oxygens (including phenoxy) is 1. The number of benzene rings is 3. The first-order valence-corrected chi connectivity index (χ1v) is 14.2. The third-order valence-corrected chi connectivity index (χ3v) is 7.30. The number of rotatable bonds is 13. The number of nitrogens with one attached hydrogen (secondary N) is 1. The number of halogens is 1. The van der Waals surface area contributed by atoms with E-state index < -0.39 is 6.04 Å². The van der Waals surface area contributed by atoms with Crippen LogP contribution < -0.4 is 10.1 Å². The van der Waals surface area contributed by atoms with Gasteiger partial charge in [0.1, 0.15) is 11.8 Å². The molecule has 3 aromatic carbocycles. The number of carbonyl (C=O) groups is 2. The largest absolute Gasteiger partial charge is 0.483 e. The molecule has 0 aliphatic rings. The molecule has 0 unspecified atom stereocenters. The molecule has 0 spiro atoms. The summed E-state index contributed by atoms with van der Waals surface area (Å²) in [4.78, 5) is 29.0. The van der Waals surface area contributed by atoms with E-state index in [9.17, 15) is 9.59 Å². The fourth-order valence-electron chi connectivity index (χ4n) is 4.25. The summed E-state index contributed by atoms with van der Waals surface area (Å²) in [5, 5.41) is 3.06. The molecule has 5 nitrogen and oxygen atoms in total. The van der Waals surface area contributed by atoms with Crippen LogP contribution in [0.15, 0.2) is 77.3 Å². The average molecular weight is 580 g/mol. The second kappa shape index (κ2) is 14.7. The van der Waals surface area contributed by atoms with Crippen LogP contribution in [0.2, 0.25) is 0 Å². The molecule has 0 aliphatic carbocycles. The lowest BCUT2D eigenvalue weighted by molar-refractivity contribution is -0.142. The van der Waals surface area contributed by atoms with Crippen molar-refractivity contribution in [2.75, 3.05) is 13.2 Å². The highest BCUT2D eigenvalue weighted by molar-refractivity contribution is 9.10. The third kappa shape index (κ3) is 8.45. The average Bonchev–Trinajstić information content (AvgIpc) is 2.91. The predicted octanol–water partition coefficient (Wildman–Crippen LogP) is 6.82. The zero-order chi connectivity index (χ0) is 27.5. The van der Waals surface area contributed by atoms with Crippen molar-refractivity contribution in [3.8, 4) is 5.75 Å². The molecule has 202 valence electrons. The van der Waals surface area contributed by atoms with Gasteiger partial charge in [0.05, 0.1) is 4.47 Å². The minimum Gasteiger partial charge on any atom is -0.483 e. The maximum Gasteiger partial charge on any atom is 0.261 e. The molecule has 3 rings (SSSR count). The number of amides is 2. The molecule has 0 saturated carbocycles. The SMILES string of the molecule is CCCCNC(=O)[C@H](Cc1ccccc1)N(Cc1ccccc1C)C(=O)COc1ccc(C(C)C)cc1Br. The van der Waals surface area contributed by atoms with Crippen molar-refractivity contribution in [2.45, 2.75) is 65.5 Å². The normalized spacial score (nSPS) is 11.7. The highest BCUT2D eigenvalue weighted by atomic mass is 79.9. The van der Waals surface area contributed by atoms with E-state index in [0.717, 1.165) is 34.0 Å². The molecule has 0 aliphatic heterocycles. The Morgan fingerprint density at radius 2 is 1.71 bits per heavy atom. The topological polar surface area (TPSA) is 58.6 Å². The van der Waals surface area contributed by atoms with E-state index in [1.807, 2.05) is 79.7 Å². The number of aryl methyl sites for hydroxylation is 1. The number of hydrogen-bond acceptors (Lipinski definition) is 3. The molecular weight excluding hydrogens is 540 g/mol. The highest BCUT2D eigenvalue weighted by Crippen LogP contribution is 2.29. The molecule has 1 N–H and O–H groups in total. The molecule has 0 radical (unpaired) electrons. The molecule has 38 heavy (non-hydrogen) atoms. The minimum atomic E-state index is -0.670. The Morgan fingerprint density at radius 1 is 1.00 bits per heavy atom. The van der Waals surface area contributed by atoms with Gasteiger partial charge >= 0.3 is 0 Å². The molecule has 2 amide bonds. The van der Waals surface area contributed by atoms with E-state index in [-0.39, 0.29) is 18.4 Å². The fourth-order valence-corrected chi connectivity index (χ4v) is 4.76. The number of unbranched alkanes of at least 4 members (excludes halogenated alkanes) is 1. The second-order valence-electron chi connectivity index (χ2n) is 9.93. The van der Waals surface area contributed by atoms with Gasteiger partial charge in [0.2, 0.25) is 5.91 Å². The Hall–Kier alpha value is -3.12. The first-order chi connectivity index (χ1) is 18.3. The van der Waals surface area contributed by atoms with Crippen LogP contribution in [0.1, 0.15) is 61.8 Å². The molecule has 3 aromatic rings. The molecule has 1 atom stereocenters. The molecular formula is C32H39BrN2O3. The van der Waals surface area contributed by atoms with Crippen LogP contribution in [0.4, 0.5) is 0 Å². The van der Waals surface area contributed by atoms with Gasteiger partial charge < -0.3 is 15.0 Å². The Labute approximate surface area is 235 Å². The van der Waals surface area contributed by atoms with Crippen molar-refractivity contribution in [1.29, 1.82) is 0 Å². The van der Waals surface area contributed by atoms with E-state index in [4.69, 9.17) is 4.74 Å². The second-order valence-corrected chi connectivity index (χ2v) is 10.8. The van der Waals surface area contributed by atoms with Gasteiger partial charge in [-0.2, -0.15) is 0 Å². The van der Waals surface area contributed by atoms with Crippen molar-refractivity contribution in [3.05, 3.63) is 99.5 Å². The smallest absolute Gasteiger partial charge is 0.261 e. The van der Waals surface area contributed by atoms with Crippen molar-refractivity contribution in [3.63, 3.8) is 0 Å². The zero-order valence-electron chi connectivity index (χ0n) is 22.9. The van der Waals surface area contributed by atoms with Crippen LogP contribution in [0.5, 0.6) is 5.75 Å². The lowest BCUT2D eigenvalue weighted by atomic mass is 10.0. The summed E-state index contributed by atoms with van der Waals surface area (Å²) >= 11 is 3.58. The van der Waals surface area contributed by atoms with Gasteiger partial charge in [-0.05, 0) is 69.6 Å². The maximum atomic E-state index is 13.8. The quantitative estimate of drug-likeness (QED) is 0.226. The van der Waals surface area contributed by atoms with Crippen molar-refractivity contribution in [2.24, 2.45) is 0 Å². The highest BCUT2D eigenvalue weighted by Gasteiger charge is 2.31. The molecule has 0 aromatic heterocycles. The zero-order valence-corrected chi connectivity index (χ0v) is 24.5. The van der Waals surface area contributed by atoms with Gasteiger partial charge in [-0.1, -0.05) is 87.9 Å². The lowest BCUT2D eigenvalue weighted by Gasteiger charge is -2.32. The van der Waals surface area contributed by atoms with E-state index in [2.05, 4.69) is 42.0 Å². The Kier molecular flexibility index (Phi) is 11.4. The standard InChI is InChI=1S/C32H39BrN2O3/c1-5-6-18-34-32(37)29(19-25-13-8-7-9-14-25)35(21-27-15-11-10-12-24(27)4)31(36)22-38-30-17-16-26(23(2)3)20-28(30)33/h7-17,20,23,29H,5-6,18-19,21-22H2,1-4H3,(H,34,37)/t29-/m0/s1. The lowest BCUT2D eigenvalue weighted by Crippen LogP contribution is -2.52. The van der Waals surface area contributed by atoms with E-state index >= 15 is 0 Å². The van der Waals surface area contributed by atoms with E-state index in [1.54, 1.807) is 4.90 Å². The fraction of sp³-hybridized carbons (Fsp3) is 0.375. The van der Waals surface area contributed by atoms with Crippen molar-refractivity contribution < 1.29 is 14.3 Å². The minimum absolute atomic E-state index is 0.147. The van der Waals surface area contributed by atoms with Gasteiger partial charge in [0.25, 0.3) is 5.91 Å². The number of hydrogen-bond donors (Lipinski definition) is 1. The Balaban J connectivity index is 1.90. The Morgan fingerprint density at radius 3 is 2.37 bits per heavy atom. The summed E-state index contributed by atoms with van der Waals surface area (Å²) in [6.07, 6.45) is 2.29. The van der Waals surface area contributed by atoms with Crippen LogP contribution in [0.3, 0.4) is 0 Å². The Bertz CT molecular complexity index is 1200. The number of carbonyl (C=O) groups excluding carboxylic acids is 2. The summed E-state index contributed by atoms with van der Waals surface area (Å²) in [7, 11) is 0. The van der Waals surface area contributed by atoms with E-state index in [0.29, 0.717) is 31.2 Å². The van der Waals surface area contributed by atoms with Crippen LogP contribution in [-0.2, 0) is 22.6 Å². The van der Waals surface area contributed by atoms with E-state index in [1.165, 1.54) is 5.56 Å². The van der Waals surface area contributed by atoms with Crippen LogP contribution >= 0.6 is 15.9 Å². The molecule has 0 heterocycles. The van der Waals surface area contributed by atoms with Crippen molar-refractivity contribution in [1.82, 2.24) is 10.2 Å². The summed E-state index contributed by atoms with van der Waals surface area (Å²) in [6, 6.07) is 23.1. The third-order valence-electron chi connectivity index (χ3n) is 6.68. The summed E-state index contributed by atoms with van der Waals surface area (Å²) in [5.74, 6) is 0.605.